The molecule has 1 aromatic heterocycles. The predicted octanol–water partition coefficient (Wildman–Crippen LogP) is -0.396. The first-order chi connectivity index (χ1) is 10.5. The van der Waals surface area contributed by atoms with Crippen LogP contribution in [-0.2, 0) is 9.53 Å². The Kier molecular flexibility index (Phi) is 3.92. The number of anilines is 1. The molecule has 3 rings (SSSR count). The Morgan fingerprint density at radius 2 is 2.23 bits per heavy atom. The predicted molar refractivity (Wildman–Crippen MR) is 76.9 cm³/mol. The Hall–Kier alpha value is -1.87. The van der Waals surface area contributed by atoms with Crippen LogP contribution in [0.4, 0.5) is 5.95 Å². The Morgan fingerprint density at radius 3 is 2.86 bits per heavy atom. The van der Waals surface area contributed by atoms with Crippen molar-refractivity contribution in [2.75, 3.05) is 24.6 Å². The van der Waals surface area contributed by atoms with Gasteiger partial charge in [-0.15, -0.1) is 0 Å². The number of ether oxygens (including phenoxy) is 1. The van der Waals surface area contributed by atoms with Gasteiger partial charge in [0.05, 0.1) is 24.4 Å². The molecule has 2 fully saturated rings. The third-order valence-corrected chi connectivity index (χ3v) is 4.27. The van der Waals surface area contributed by atoms with E-state index in [4.69, 9.17) is 14.8 Å². The zero-order valence-electron chi connectivity index (χ0n) is 12.3. The van der Waals surface area contributed by atoms with Gasteiger partial charge in [-0.25, -0.2) is 9.97 Å². The second-order valence-corrected chi connectivity index (χ2v) is 5.65. The van der Waals surface area contributed by atoms with Crippen LogP contribution in [0.15, 0.2) is 12.4 Å². The lowest BCUT2D eigenvalue weighted by Crippen LogP contribution is -2.42. The molecule has 8 nitrogen and oxygen atoms in total. The van der Waals surface area contributed by atoms with Crippen LogP contribution in [0.25, 0.3) is 0 Å². The first-order valence-electron chi connectivity index (χ1n) is 7.32. The first-order valence-corrected chi connectivity index (χ1v) is 7.32. The number of nitrogens with zero attached hydrogens (tertiary/aromatic N) is 3. The van der Waals surface area contributed by atoms with Gasteiger partial charge in [0.1, 0.15) is 5.75 Å². The van der Waals surface area contributed by atoms with Gasteiger partial charge in [0.2, 0.25) is 5.95 Å². The summed E-state index contributed by atoms with van der Waals surface area (Å²) in [7, 11) is -1.90. The van der Waals surface area contributed by atoms with Crippen molar-refractivity contribution in [1.82, 2.24) is 9.97 Å². The minimum Gasteiger partial charge on any atom is -0.509 e. The van der Waals surface area contributed by atoms with Gasteiger partial charge in [-0.2, -0.15) is 0 Å². The normalized spacial score (nSPS) is 26.1. The van der Waals surface area contributed by atoms with Crippen molar-refractivity contribution in [3.05, 3.63) is 12.4 Å². The highest BCUT2D eigenvalue weighted by Gasteiger charge is 2.63. The van der Waals surface area contributed by atoms with Gasteiger partial charge in [0.25, 0.3) is 0 Å². The van der Waals surface area contributed by atoms with Crippen LogP contribution in [0.1, 0.15) is 19.8 Å². The largest absolute Gasteiger partial charge is 0.707 e. The molecule has 2 heterocycles. The van der Waals surface area contributed by atoms with Crippen LogP contribution >= 0.6 is 0 Å². The van der Waals surface area contributed by atoms with Crippen LogP contribution in [0, 0.1) is 11.3 Å². The SMILES string of the molecule is CCOC(=O)C12CC1CCN(c1ncc(OB(O)O)cn1)C2. The number of rotatable bonds is 5. The summed E-state index contributed by atoms with van der Waals surface area (Å²) in [5.41, 5.74) is -0.409. The number of fused-ring (bicyclic) bond motifs is 1. The molecule has 0 amide bonds. The van der Waals surface area contributed by atoms with Crippen LogP contribution in [0.5, 0.6) is 5.75 Å². The van der Waals surface area contributed by atoms with E-state index in [1.165, 1.54) is 12.4 Å². The van der Waals surface area contributed by atoms with E-state index in [1.54, 1.807) is 0 Å². The van der Waals surface area contributed by atoms with Gasteiger partial charge in [0.15, 0.2) is 0 Å². The molecule has 22 heavy (non-hydrogen) atoms. The van der Waals surface area contributed by atoms with E-state index in [2.05, 4.69) is 14.6 Å². The number of carbonyl (C=O) groups is 1. The maximum absolute atomic E-state index is 12.1. The Labute approximate surface area is 128 Å². The number of aromatic nitrogens is 2. The van der Waals surface area contributed by atoms with Gasteiger partial charge >= 0.3 is 13.3 Å². The fourth-order valence-corrected chi connectivity index (χ4v) is 3.10. The summed E-state index contributed by atoms with van der Waals surface area (Å²) in [4.78, 5) is 22.4. The van der Waals surface area contributed by atoms with Crippen LogP contribution in [0.2, 0.25) is 0 Å². The second-order valence-electron chi connectivity index (χ2n) is 5.65. The zero-order valence-corrected chi connectivity index (χ0v) is 12.3. The number of carbonyl (C=O) groups excluding carboxylic acids is 1. The van der Waals surface area contributed by atoms with E-state index in [1.807, 2.05) is 11.8 Å². The van der Waals surface area contributed by atoms with Gasteiger partial charge < -0.3 is 24.3 Å². The maximum atomic E-state index is 12.1. The van der Waals surface area contributed by atoms with Crippen LogP contribution in [-0.4, -0.2) is 53.0 Å². The molecule has 9 heteroatoms. The first kappa shape index (κ1) is 15.0. The molecule has 1 aliphatic heterocycles. The number of esters is 1. The molecule has 118 valence electrons. The number of hydrogen-bond acceptors (Lipinski definition) is 8. The van der Waals surface area contributed by atoms with Crippen molar-refractivity contribution in [3.63, 3.8) is 0 Å². The average molecular weight is 307 g/mol. The molecule has 1 aliphatic carbocycles. The highest BCUT2D eigenvalue weighted by molar-refractivity contribution is 6.33. The Morgan fingerprint density at radius 1 is 1.50 bits per heavy atom. The highest BCUT2D eigenvalue weighted by atomic mass is 16.6. The third-order valence-electron chi connectivity index (χ3n) is 4.27. The Balaban J connectivity index is 1.69. The zero-order chi connectivity index (χ0) is 15.7. The van der Waals surface area contributed by atoms with Gasteiger partial charge in [-0.1, -0.05) is 0 Å². The van der Waals surface area contributed by atoms with Crippen molar-refractivity contribution in [2.45, 2.75) is 19.8 Å². The summed E-state index contributed by atoms with van der Waals surface area (Å²) in [6, 6.07) is 0. The van der Waals surface area contributed by atoms with Crippen molar-refractivity contribution in [2.24, 2.45) is 11.3 Å². The lowest BCUT2D eigenvalue weighted by atomic mass is 9.97. The highest BCUT2D eigenvalue weighted by Crippen LogP contribution is 2.58. The maximum Gasteiger partial charge on any atom is 0.707 e. The van der Waals surface area contributed by atoms with E-state index in [9.17, 15) is 4.79 Å². The Bertz CT molecular complexity index is 555. The summed E-state index contributed by atoms with van der Waals surface area (Å²) in [6.45, 7) is 3.54. The standard InChI is InChI=1S/C13H18BN3O5/c1-2-21-11(18)13-5-9(13)3-4-17(8-13)12-15-6-10(7-16-12)22-14(19)20/h6-7,9,19-20H,2-5,8H2,1H3. The van der Waals surface area contributed by atoms with Crippen molar-refractivity contribution in [1.29, 1.82) is 0 Å². The molecule has 1 saturated heterocycles. The minimum atomic E-state index is -1.90. The van der Waals surface area contributed by atoms with Crippen LogP contribution < -0.4 is 9.55 Å². The molecule has 1 saturated carbocycles. The van der Waals surface area contributed by atoms with E-state index in [0.29, 0.717) is 25.0 Å². The van der Waals surface area contributed by atoms with Crippen molar-refractivity contribution < 1.29 is 24.2 Å². The van der Waals surface area contributed by atoms with E-state index in [-0.39, 0.29) is 11.7 Å². The molecule has 2 unspecified atom stereocenters. The molecule has 1 aromatic rings. The van der Waals surface area contributed by atoms with Gasteiger partial charge in [-0.05, 0) is 25.7 Å². The van der Waals surface area contributed by atoms with E-state index in [0.717, 1.165) is 19.4 Å². The summed E-state index contributed by atoms with van der Waals surface area (Å²) in [5, 5.41) is 17.5. The summed E-state index contributed by atoms with van der Waals surface area (Å²) in [5.74, 6) is 0.928. The average Bonchev–Trinajstić information content (AvgIpc) is 3.22. The van der Waals surface area contributed by atoms with Crippen LogP contribution in [0.3, 0.4) is 0 Å². The van der Waals surface area contributed by atoms with Crippen molar-refractivity contribution >= 4 is 19.2 Å². The number of piperidine rings is 1. The summed E-state index contributed by atoms with van der Waals surface area (Å²) < 4.78 is 9.86. The van der Waals surface area contributed by atoms with Gasteiger partial charge in [0, 0.05) is 13.1 Å². The fraction of sp³-hybridized carbons (Fsp3) is 0.615. The summed E-state index contributed by atoms with van der Waals surface area (Å²) >= 11 is 0. The fourth-order valence-electron chi connectivity index (χ4n) is 3.10. The molecule has 2 atom stereocenters. The quantitative estimate of drug-likeness (QED) is 0.559. The third kappa shape index (κ3) is 2.73. The molecule has 0 bridgehead atoms. The molecule has 0 radical (unpaired) electrons. The lowest BCUT2D eigenvalue weighted by Gasteiger charge is -2.31. The monoisotopic (exact) mass is 307 g/mol. The number of hydrogen-bond donors (Lipinski definition) is 2. The molecule has 0 spiro atoms. The van der Waals surface area contributed by atoms with Crippen molar-refractivity contribution in [3.8, 4) is 5.75 Å². The van der Waals surface area contributed by atoms with E-state index < -0.39 is 12.7 Å². The minimum absolute atomic E-state index is 0.131. The topological polar surface area (TPSA) is 105 Å². The smallest absolute Gasteiger partial charge is 0.509 e. The molecule has 0 aromatic carbocycles. The lowest BCUT2D eigenvalue weighted by molar-refractivity contribution is -0.150. The molecular weight excluding hydrogens is 289 g/mol. The molecule has 2 aliphatic rings. The van der Waals surface area contributed by atoms with Gasteiger partial charge in [-0.3, -0.25) is 4.79 Å². The molecule has 2 N–H and O–H groups in total. The summed E-state index contributed by atoms with van der Waals surface area (Å²) in [6.07, 6.45) is 4.52. The van der Waals surface area contributed by atoms with E-state index >= 15 is 0 Å². The molecular formula is C13H18BN3O5. The second kappa shape index (κ2) is 5.73.